The van der Waals surface area contributed by atoms with Gasteiger partial charge in [0.2, 0.25) is 0 Å². The van der Waals surface area contributed by atoms with Gasteiger partial charge in [0.25, 0.3) is 0 Å². The summed E-state index contributed by atoms with van der Waals surface area (Å²) in [4.78, 5) is 19.7. The smallest absolute Gasteiger partial charge is 0.160 e. The van der Waals surface area contributed by atoms with Gasteiger partial charge in [0.15, 0.2) is 5.78 Å². The minimum Gasteiger partial charge on any atom is -0.356 e. The molecule has 0 bridgehead atoms. The van der Waals surface area contributed by atoms with Crippen LogP contribution in [-0.4, -0.2) is 29.6 Å². The molecular formula is C20H30N2O. The van der Waals surface area contributed by atoms with Gasteiger partial charge in [-0.1, -0.05) is 57.5 Å². The van der Waals surface area contributed by atoms with E-state index in [2.05, 4.69) is 56.1 Å². The Bertz CT molecular complexity index is 538. The molecule has 1 aromatic carbocycles. The molecule has 1 fully saturated rings. The number of aliphatic imine (C=N–C) groups is 1. The zero-order valence-corrected chi connectivity index (χ0v) is 15.0. The number of nitrogens with zero attached hydrogens (tertiary/aromatic N) is 2. The monoisotopic (exact) mass is 314 g/mol. The zero-order valence-electron chi connectivity index (χ0n) is 15.0. The van der Waals surface area contributed by atoms with Gasteiger partial charge in [-0.25, -0.2) is 0 Å². The molecule has 23 heavy (non-hydrogen) atoms. The fraction of sp³-hybridized carbons (Fsp3) is 0.600. The van der Waals surface area contributed by atoms with Crippen LogP contribution in [0, 0.1) is 5.92 Å². The summed E-state index contributed by atoms with van der Waals surface area (Å²) in [5.41, 5.74) is 1.33. The summed E-state index contributed by atoms with van der Waals surface area (Å²) in [5.74, 6) is 1.50. The number of likely N-dealkylation sites (tertiary alicyclic amines) is 1. The number of Topliss-reactive ketones (excluding diaryl/α,β-unsaturated/α-hetero) is 1. The fourth-order valence-corrected chi connectivity index (χ4v) is 3.29. The molecule has 0 spiro atoms. The van der Waals surface area contributed by atoms with Gasteiger partial charge in [0.1, 0.15) is 11.9 Å². The van der Waals surface area contributed by atoms with Crippen molar-refractivity contribution in [3.8, 4) is 0 Å². The summed E-state index contributed by atoms with van der Waals surface area (Å²) in [6, 6.07) is 10.8. The van der Waals surface area contributed by atoms with Crippen LogP contribution in [0.1, 0.15) is 64.5 Å². The Labute approximate surface area is 140 Å². The lowest BCUT2D eigenvalue weighted by atomic mass is 9.95. The number of ketones is 1. The van der Waals surface area contributed by atoms with Crippen molar-refractivity contribution < 1.29 is 4.79 Å². The lowest BCUT2D eigenvalue weighted by Crippen LogP contribution is -2.29. The van der Waals surface area contributed by atoms with Crippen LogP contribution in [0.5, 0.6) is 0 Å². The Kier molecular flexibility index (Phi) is 6.37. The quantitative estimate of drug-likeness (QED) is 0.734. The second-order valence-corrected chi connectivity index (χ2v) is 6.64. The molecule has 3 nitrogen and oxygen atoms in total. The molecular weight excluding hydrogens is 284 g/mol. The highest BCUT2D eigenvalue weighted by Crippen LogP contribution is 2.32. The molecule has 1 saturated heterocycles. The SMILES string of the molecule is CCCC(N=C1CCC(c2ccccc2)N1C)C(=O)C(C)CC. The molecule has 126 valence electrons. The summed E-state index contributed by atoms with van der Waals surface area (Å²) >= 11 is 0. The Morgan fingerprint density at radius 3 is 2.61 bits per heavy atom. The molecule has 1 aliphatic rings. The van der Waals surface area contributed by atoms with Gasteiger partial charge in [-0.05, 0) is 24.8 Å². The first kappa shape index (κ1) is 17.7. The molecule has 0 radical (unpaired) electrons. The second kappa shape index (κ2) is 8.28. The Hall–Kier alpha value is -1.64. The molecule has 3 heteroatoms. The summed E-state index contributed by atoms with van der Waals surface area (Å²) in [6.45, 7) is 6.23. The molecule has 3 atom stereocenters. The third-order valence-electron chi connectivity index (χ3n) is 4.99. The van der Waals surface area contributed by atoms with E-state index in [1.807, 2.05) is 6.92 Å². The van der Waals surface area contributed by atoms with Crippen molar-refractivity contribution in [3.63, 3.8) is 0 Å². The molecule has 1 aromatic rings. The predicted octanol–water partition coefficient (Wildman–Crippen LogP) is 4.64. The van der Waals surface area contributed by atoms with Crippen LogP contribution in [0.15, 0.2) is 35.3 Å². The van der Waals surface area contributed by atoms with Gasteiger partial charge in [-0.15, -0.1) is 0 Å². The predicted molar refractivity (Wildman–Crippen MR) is 96.8 cm³/mol. The largest absolute Gasteiger partial charge is 0.356 e. The van der Waals surface area contributed by atoms with Gasteiger partial charge < -0.3 is 4.90 Å². The summed E-state index contributed by atoms with van der Waals surface area (Å²) in [5, 5.41) is 0. The molecule has 3 unspecified atom stereocenters. The molecule has 0 amide bonds. The van der Waals surface area contributed by atoms with Gasteiger partial charge in [0, 0.05) is 19.4 Å². The molecule has 0 N–H and O–H groups in total. The maximum Gasteiger partial charge on any atom is 0.160 e. The van der Waals surface area contributed by atoms with Gasteiger partial charge in [0.05, 0.1) is 6.04 Å². The number of carbonyl (C=O) groups is 1. The van der Waals surface area contributed by atoms with Crippen LogP contribution in [0.25, 0.3) is 0 Å². The van der Waals surface area contributed by atoms with Crippen LogP contribution in [0.3, 0.4) is 0 Å². The maximum atomic E-state index is 12.6. The molecule has 2 rings (SSSR count). The topological polar surface area (TPSA) is 32.7 Å². The lowest BCUT2D eigenvalue weighted by Gasteiger charge is -2.24. The van der Waals surface area contributed by atoms with Crippen LogP contribution >= 0.6 is 0 Å². The first-order valence-corrected chi connectivity index (χ1v) is 8.96. The third-order valence-corrected chi connectivity index (χ3v) is 4.99. The van der Waals surface area contributed by atoms with Crippen molar-refractivity contribution in [2.45, 2.75) is 65.0 Å². The third kappa shape index (κ3) is 4.21. The highest BCUT2D eigenvalue weighted by atomic mass is 16.1. The molecule has 0 aromatic heterocycles. The number of amidine groups is 1. The normalized spacial score (nSPS) is 22.3. The van der Waals surface area contributed by atoms with E-state index in [9.17, 15) is 4.79 Å². The lowest BCUT2D eigenvalue weighted by molar-refractivity contribution is -0.123. The molecule has 0 saturated carbocycles. The van der Waals surface area contributed by atoms with Gasteiger partial charge in [-0.3, -0.25) is 9.79 Å². The number of benzene rings is 1. The summed E-state index contributed by atoms with van der Waals surface area (Å²) in [6.07, 6.45) is 4.79. The van der Waals surface area contributed by atoms with Gasteiger partial charge >= 0.3 is 0 Å². The fourth-order valence-electron chi connectivity index (χ4n) is 3.29. The van der Waals surface area contributed by atoms with E-state index in [0.717, 1.165) is 37.9 Å². The highest BCUT2D eigenvalue weighted by Gasteiger charge is 2.29. The second-order valence-electron chi connectivity index (χ2n) is 6.64. The molecule has 1 aliphatic heterocycles. The molecule has 0 aliphatic carbocycles. The highest BCUT2D eigenvalue weighted by molar-refractivity contribution is 5.91. The van der Waals surface area contributed by atoms with E-state index in [1.54, 1.807) is 0 Å². The van der Waals surface area contributed by atoms with Crippen molar-refractivity contribution in [3.05, 3.63) is 35.9 Å². The van der Waals surface area contributed by atoms with E-state index >= 15 is 0 Å². The van der Waals surface area contributed by atoms with Crippen molar-refractivity contribution in [2.75, 3.05) is 7.05 Å². The van der Waals surface area contributed by atoms with Crippen LogP contribution in [0.4, 0.5) is 0 Å². The first-order valence-electron chi connectivity index (χ1n) is 8.96. The summed E-state index contributed by atoms with van der Waals surface area (Å²) in [7, 11) is 2.11. The van der Waals surface area contributed by atoms with E-state index in [4.69, 9.17) is 4.99 Å². The van der Waals surface area contributed by atoms with E-state index in [-0.39, 0.29) is 12.0 Å². The standard InChI is InChI=1S/C20H30N2O/c1-5-10-17(20(23)15(3)6-2)21-19-14-13-18(22(19)4)16-11-8-7-9-12-16/h7-9,11-12,15,17-18H,5-6,10,13-14H2,1-4H3. The van der Waals surface area contributed by atoms with Gasteiger partial charge in [-0.2, -0.15) is 0 Å². The Morgan fingerprint density at radius 1 is 1.30 bits per heavy atom. The van der Waals surface area contributed by atoms with Crippen LogP contribution in [-0.2, 0) is 4.79 Å². The Balaban J connectivity index is 2.16. The number of hydrogen-bond acceptors (Lipinski definition) is 2. The van der Waals surface area contributed by atoms with Crippen molar-refractivity contribution in [1.82, 2.24) is 4.90 Å². The van der Waals surface area contributed by atoms with E-state index in [1.165, 1.54) is 5.56 Å². The van der Waals surface area contributed by atoms with E-state index in [0.29, 0.717) is 11.8 Å². The number of carbonyl (C=O) groups excluding carboxylic acids is 1. The van der Waals surface area contributed by atoms with Crippen molar-refractivity contribution in [2.24, 2.45) is 10.9 Å². The average molecular weight is 314 g/mol. The van der Waals surface area contributed by atoms with Crippen molar-refractivity contribution >= 4 is 11.6 Å². The van der Waals surface area contributed by atoms with Crippen LogP contribution < -0.4 is 0 Å². The first-order chi connectivity index (χ1) is 11.1. The summed E-state index contributed by atoms with van der Waals surface area (Å²) < 4.78 is 0. The van der Waals surface area contributed by atoms with E-state index < -0.39 is 0 Å². The maximum absolute atomic E-state index is 12.6. The van der Waals surface area contributed by atoms with Crippen molar-refractivity contribution in [1.29, 1.82) is 0 Å². The molecule has 1 heterocycles. The minimum absolute atomic E-state index is 0.104. The van der Waals surface area contributed by atoms with Crippen LogP contribution in [0.2, 0.25) is 0 Å². The number of rotatable bonds is 7. The minimum atomic E-state index is -0.165. The Morgan fingerprint density at radius 2 is 2.00 bits per heavy atom. The number of hydrogen-bond donors (Lipinski definition) is 0. The zero-order chi connectivity index (χ0) is 16.8. The average Bonchev–Trinajstić information content (AvgIpc) is 2.94.